The summed E-state index contributed by atoms with van der Waals surface area (Å²) in [6.45, 7) is -2.95. The van der Waals surface area contributed by atoms with Crippen LogP contribution in [0.1, 0.15) is 0 Å². The normalized spacial score (nSPS) is 10.2. The second-order valence-electron chi connectivity index (χ2n) is 2.17. The van der Waals surface area contributed by atoms with E-state index < -0.39 is 12.4 Å². The molecule has 0 saturated carbocycles. The van der Waals surface area contributed by atoms with E-state index >= 15 is 0 Å². The molecule has 0 atom stereocenters. The van der Waals surface area contributed by atoms with Crippen molar-refractivity contribution >= 4 is 0 Å². The van der Waals surface area contributed by atoms with Crippen LogP contribution in [0.3, 0.4) is 0 Å². The number of benzene rings is 1. The van der Waals surface area contributed by atoms with E-state index in [0.717, 1.165) is 18.2 Å². The van der Waals surface area contributed by atoms with Crippen molar-refractivity contribution in [2.45, 2.75) is 6.61 Å². The van der Waals surface area contributed by atoms with Crippen molar-refractivity contribution in [3.8, 4) is 11.5 Å². The minimum Gasteiger partial charge on any atom is -0.493 e. The summed E-state index contributed by atoms with van der Waals surface area (Å²) in [6.07, 6.45) is 0. The molecule has 0 saturated heterocycles. The molecule has 0 bridgehead atoms. The van der Waals surface area contributed by atoms with E-state index in [9.17, 15) is 13.2 Å². The maximum Gasteiger partial charge on any atom is 0.387 e. The molecular formula is C8H7F3O2. The summed E-state index contributed by atoms with van der Waals surface area (Å²) in [5, 5.41) is 0. The molecule has 0 aromatic heterocycles. The fourth-order valence-electron chi connectivity index (χ4n) is 0.835. The zero-order chi connectivity index (χ0) is 9.84. The highest BCUT2D eigenvalue weighted by atomic mass is 19.3. The Hall–Kier alpha value is -1.39. The topological polar surface area (TPSA) is 18.5 Å². The summed E-state index contributed by atoms with van der Waals surface area (Å²) < 4.78 is 44.8. The highest BCUT2D eigenvalue weighted by molar-refractivity contribution is 5.39. The molecule has 0 amide bonds. The minimum atomic E-state index is -2.95. The Labute approximate surface area is 72.9 Å². The number of alkyl halides is 2. The van der Waals surface area contributed by atoms with Gasteiger partial charge in [-0.2, -0.15) is 8.78 Å². The first-order valence-corrected chi connectivity index (χ1v) is 3.42. The van der Waals surface area contributed by atoms with E-state index in [-0.39, 0.29) is 11.5 Å². The van der Waals surface area contributed by atoms with Gasteiger partial charge in [0.1, 0.15) is 5.82 Å². The van der Waals surface area contributed by atoms with Crippen LogP contribution in [0.15, 0.2) is 18.2 Å². The van der Waals surface area contributed by atoms with Crippen LogP contribution in [0.25, 0.3) is 0 Å². The standard InChI is InChI=1S/C8H7F3O2/c1-12-7-4-5(9)2-3-6(7)13-8(10)11/h2-4,8H,1H3. The maximum absolute atomic E-state index is 12.5. The van der Waals surface area contributed by atoms with Gasteiger partial charge in [-0.05, 0) is 12.1 Å². The molecule has 0 aliphatic heterocycles. The smallest absolute Gasteiger partial charge is 0.387 e. The van der Waals surface area contributed by atoms with Crippen molar-refractivity contribution in [1.29, 1.82) is 0 Å². The quantitative estimate of drug-likeness (QED) is 0.732. The van der Waals surface area contributed by atoms with Gasteiger partial charge in [-0.15, -0.1) is 0 Å². The Balaban J connectivity index is 2.92. The summed E-state index contributed by atoms with van der Waals surface area (Å²) in [5.74, 6) is -0.808. The zero-order valence-electron chi connectivity index (χ0n) is 6.76. The van der Waals surface area contributed by atoms with Crippen molar-refractivity contribution in [1.82, 2.24) is 0 Å². The van der Waals surface area contributed by atoms with Gasteiger partial charge in [0.05, 0.1) is 7.11 Å². The lowest BCUT2D eigenvalue weighted by atomic mass is 10.3. The Morgan fingerprint density at radius 2 is 1.92 bits per heavy atom. The fraction of sp³-hybridized carbons (Fsp3) is 0.250. The highest BCUT2D eigenvalue weighted by Gasteiger charge is 2.10. The highest BCUT2D eigenvalue weighted by Crippen LogP contribution is 2.28. The van der Waals surface area contributed by atoms with Crippen molar-refractivity contribution in [2.75, 3.05) is 7.11 Å². The summed E-state index contributed by atoms with van der Waals surface area (Å²) in [4.78, 5) is 0. The summed E-state index contributed by atoms with van der Waals surface area (Å²) in [6, 6.07) is 3.07. The molecule has 72 valence electrons. The van der Waals surface area contributed by atoms with Crippen LogP contribution in [0, 0.1) is 5.82 Å². The summed E-state index contributed by atoms with van der Waals surface area (Å²) >= 11 is 0. The van der Waals surface area contributed by atoms with E-state index in [4.69, 9.17) is 0 Å². The second-order valence-corrected chi connectivity index (χ2v) is 2.17. The molecule has 1 aromatic rings. The first-order chi connectivity index (χ1) is 6.13. The van der Waals surface area contributed by atoms with E-state index in [2.05, 4.69) is 9.47 Å². The molecule has 0 aliphatic rings. The van der Waals surface area contributed by atoms with Crippen molar-refractivity contribution in [3.63, 3.8) is 0 Å². The number of ether oxygens (including phenoxy) is 2. The Morgan fingerprint density at radius 1 is 1.23 bits per heavy atom. The van der Waals surface area contributed by atoms with E-state index in [1.807, 2.05) is 0 Å². The van der Waals surface area contributed by atoms with Gasteiger partial charge in [-0.3, -0.25) is 0 Å². The van der Waals surface area contributed by atoms with Crippen LogP contribution in [0.4, 0.5) is 13.2 Å². The van der Waals surface area contributed by atoms with Gasteiger partial charge in [0.15, 0.2) is 11.5 Å². The van der Waals surface area contributed by atoms with Gasteiger partial charge in [0, 0.05) is 6.07 Å². The van der Waals surface area contributed by atoms with Gasteiger partial charge in [-0.25, -0.2) is 4.39 Å². The number of hydrogen-bond acceptors (Lipinski definition) is 2. The van der Waals surface area contributed by atoms with Crippen LogP contribution >= 0.6 is 0 Å². The third-order valence-corrected chi connectivity index (χ3v) is 1.34. The molecule has 0 heterocycles. The first kappa shape index (κ1) is 9.70. The van der Waals surface area contributed by atoms with Gasteiger partial charge < -0.3 is 9.47 Å². The third-order valence-electron chi connectivity index (χ3n) is 1.34. The molecule has 0 unspecified atom stereocenters. The van der Waals surface area contributed by atoms with E-state index in [1.165, 1.54) is 7.11 Å². The van der Waals surface area contributed by atoms with Crippen LogP contribution in [-0.2, 0) is 0 Å². The predicted molar refractivity (Wildman–Crippen MR) is 39.6 cm³/mol. The van der Waals surface area contributed by atoms with Crippen molar-refractivity contribution in [3.05, 3.63) is 24.0 Å². The largest absolute Gasteiger partial charge is 0.493 e. The molecular weight excluding hydrogens is 185 g/mol. The van der Waals surface area contributed by atoms with Crippen LogP contribution in [0.5, 0.6) is 11.5 Å². The van der Waals surface area contributed by atoms with E-state index in [1.54, 1.807) is 0 Å². The first-order valence-electron chi connectivity index (χ1n) is 3.42. The van der Waals surface area contributed by atoms with Crippen LogP contribution < -0.4 is 9.47 Å². The molecule has 0 fully saturated rings. The van der Waals surface area contributed by atoms with E-state index in [0.29, 0.717) is 0 Å². The summed E-state index contributed by atoms with van der Waals surface area (Å²) in [5.41, 5.74) is 0. The minimum absolute atomic E-state index is 0.0553. The fourth-order valence-corrected chi connectivity index (χ4v) is 0.835. The molecule has 5 heteroatoms. The Morgan fingerprint density at radius 3 is 2.46 bits per heavy atom. The van der Waals surface area contributed by atoms with Crippen LogP contribution in [-0.4, -0.2) is 13.7 Å². The molecule has 0 spiro atoms. The number of methoxy groups -OCH3 is 1. The van der Waals surface area contributed by atoms with Gasteiger partial charge in [0.25, 0.3) is 0 Å². The molecule has 13 heavy (non-hydrogen) atoms. The average molecular weight is 192 g/mol. The molecule has 1 aromatic carbocycles. The van der Waals surface area contributed by atoms with Crippen LogP contribution in [0.2, 0.25) is 0 Å². The number of hydrogen-bond donors (Lipinski definition) is 0. The van der Waals surface area contributed by atoms with Crippen molar-refractivity contribution < 1.29 is 22.6 Å². The molecule has 2 nitrogen and oxygen atoms in total. The lowest BCUT2D eigenvalue weighted by Gasteiger charge is -2.08. The van der Waals surface area contributed by atoms with Gasteiger partial charge >= 0.3 is 6.61 Å². The molecule has 1 rings (SSSR count). The predicted octanol–water partition coefficient (Wildman–Crippen LogP) is 2.44. The SMILES string of the molecule is COc1cc(F)ccc1OC(F)F. The van der Waals surface area contributed by atoms with Gasteiger partial charge in [-0.1, -0.05) is 0 Å². The average Bonchev–Trinajstić information content (AvgIpc) is 2.07. The molecule has 0 N–H and O–H groups in total. The number of halogens is 3. The molecule has 0 aliphatic carbocycles. The lowest BCUT2D eigenvalue weighted by molar-refractivity contribution is -0.0512. The zero-order valence-corrected chi connectivity index (χ0v) is 6.76. The third kappa shape index (κ3) is 2.54. The van der Waals surface area contributed by atoms with Gasteiger partial charge in [0.2, 0.25) is 0 Å². The Kier molecular flexibility index (Phi) is 3.00. The molecule has 0 radical (unpaired) electrons. The Bertz CT molecular complexity index is 289. The number of rotatable bonds is 3. The van der Waals surface area contributed by atoms with Crippen molar-refractivity contribution in [2.24, 2.45) is 0 Å². The maximum atomic E-state index is 12.5. The second kappa shape index (κ2) is 4.02. The lowest BCUT2D eigenvalue weighted by Crippen LogP contribution is -2.03. The monoisotopic (exact) mass is 192 g/mol. The summed E-state index contributed by atoms with van der Waals surface area (Å²) in [7, 11) is 1.24.